The molecule has 0 bridgehead atoms. The van der Waals surface area contributed by atoms with E-state index < -0.39 is 0 Å². The first-order valence-electron chi connectivity index (χ1n) is 9.76. The topological polar surface area (TPSA) is 58.7 Å². The molecule has 2 aromatic heterocycles. The van der Waals surface area contributed by atoms with E-state index in [-0.39, 0.29) is 5.56 Å². The highest BCUT2D eigenvalue weighted by atomic mass is 35.5. The van der Waals surface area contributed by atoms with Gasteiger partial charge in [0, 0.05) is 49.0 Å². The van der Waals surface area contributed by atoms with Crippen LogP contribution >= 0.6 is 23.2 Å². The Morgan fingerprint density at radius 1 is 0.933 bits per heavy atom. The first-order chi connectivity index (χ1) is 14.5. The van der Waals surface area contributed by atoms with Crippen LogP contribution in [0.3, 0.4) is 0 Å². The number of fused-ring (bicyclic) bond motifs is 3. The van der Waals surface area contributed by atoms with E-state index in [0.717, 1.165) is 42.5 Å². The molecule has 0 atom stereocenters. The van der Waals surface area contributed by atoms with Gasteiger partial charge in [-0.05, 0) is 42.5 Å². The largest absolute Gasteiger partial charge is 0.369 e. The fraction of sp³-hybridized carbons (Fsp3) is 0.286. The smallest absolute Gasteiger partial charge is 0.262 e. The van der Waals surface area contributed by atoms with Gasteiger partial charge in [0.1, 0.15) is 0 Å². The summed E-state index contributed by atoms with van der Waals surface area (Å²) in [4.78, 5) is 17.4. The maximum atomic E-state index is 12.7. The summed E-state index contributed by atoms with van der Waals surface area (Å²) in [6.07, 6.45) is 0. The van der Waals surface area contributed by atoms with Crippen LogP contribution in [0.2, 0.25) is 10.0 Å². The zero-order valence-electron chi connectivity index (χ0n) is 16.4. The van der Waals surface area contributed by atoms with Gasteiger partial charge in [-0.15, -0.1) is 10.2 Å². The van der Waals surface area contributed by atoms with Crippen molar-refractivity contribution in [2.75, 3.05) is 31.1 Å². The Hall–Kier alpha value is -2.61. The minimum absolute atomic E-state index is 0.129. The third-order valence-corrected chi connectivity index (χ3v) is 6.16. The molecule has 0 radical (unpaired) electrons. The molecule has 0 saturated carbocycles. The van der Waals surface area contributed by atoms with Crippen LogP contribution in [0, 0.1) is 0 Å². The fourth-order valence-electron chi connectivity index (χ4n) is 4.04. The number of halogens is 2. The molecule has 0 amide bonds. The molecule has 0 aliphatic carbocycles. The van der Waals surface area contributed by atoms with E-state index in [1.165, 1.54) is 10.3 Å². The standard InChI is InChI=1S/C21H20Cl2N6O/c1-26-20(30)17-12-15(23)4-7-18(17)29-19(24-25-21(26)29)13-27-8-10-28(11-9-27)16-5-2-14(22)3-6-16/h2-7,12H,8-11,13H2,1H3. The van der Waals surface area contributed by atoms with Gasteiger partial charge < -0.3 is 4.90 Å². The van der Waals surface area contributed by atoms with Gasteiger partial charge in [0.2, 0.25) is 5.78 Å². The van der Waals surface area contributed by atoms with Crippen LogP contribution in [0.5, 0.6) is 0 Å². The number of hydrogen-bond acceptors (Lipinski definition) is 5. The van der Waals surface area contributed by atoms with E-state index in [0.29, 0.717) is 22.7 Å². The van der Waals surface area contributed by atoms with Crippen molar-refractivity contribution >= 4 is 45.6 Å². The summed E-state index contributed by atoms with van der Waals surface area (Å²) < 4.78 is 3.48. The Kier molecular flexibility index (Phi) is 4.89. The van der Waals surface area contributed by atoms with Crippen LogP contribution in [0.1, 0.15) is 5.82 Å². The van der Waals surface area contributed by atoms with Crippen LogP contribution in [-0.2, 0) is 13.6 Å². The number of hydrogen-bond donors (Lipinski definition) is 0. The number of benzene rings is 2. The number of rotatable bonds is 3. The van der Waals surface area contributed by atoms with Crippen LogP contribution in [0.4, 0.5) is 5.69 Å². The van der Waals surface area contributed by atoms with Crippen molar-refractivity contribution in [2.24, 2.45) is 7.05 Å². The minimum atomic E-state index is -0.129. The van der Waals surface area contributed by atoms with E-state index in [1.54, 1.807) is 19.2 Å². The summed E-state index contributed by atoms with van der Waals surface area (Å²) >= 11 is 12.1. The van der Waals surface area contributed by atoms with Crippen molar-refractivity contribution in [1.82, 2.24) is 24.1 Å². The summed E-state index contributed by atoms with van der Waals surface area (Å²) in [6, 6.07) is 13.3. The van der Waals surface area contributed by atoms with Crippen molar-refractivity contribution in [2.45, 2.75) is 6.54 Å². The van der Waals surface area contributed by atoms with Gasteiger partial charge in [-0.1, -0.05) is 23.2 Å². The number of anilines is 1. The van der Waals surface area contributed by atoms with E-state index in [4.69, 9.17) is 23.2 Å². The van der Waals surface area contributed by atoms with Crippen LogP contribution < -0.4 is 10.5 Å². The summed E-state index contributed by atoms with van der Waals surface area (Å²) in [5.74, 6) is 1.34. The normalized spacial score (nSPS) is 15.4. The molecule has 1 fully saturated rings. The van der Waals surface area contributed by atoms with Gasteiger partial charge in [-0.3, -0.25) is 18.7 Å². The second-order valence-electron chi connectivity index (χ2n) is 7.52. The molecular formula is C21H20Cl2N6O. The van der Waals surface area contributed by atoms with Gasteiger partial charge >= 0.3 is 0 Å². The van der Waals surface area contributed by atoms with Gasteiger partial charge in [0.15, 0.2) is 5.82 Å². The lowest BCUT2D eigenvalue weighted by Crippen LogP contribution is -2.46. The third-order valence-electron chi connectivity index (χ3n) is 5.68. The molecule has 1 aliphatic rings. The number of piperazine rings is 1. The second kappa shape index (κ2) is 7.58. The summed E-state index contributed by atoms with van der Waals surface area (Å²) in [5.41, 5.74) is 1.83. The zero-order chi connectivity index (χ0) is 20.8. The highest BCUT2D eigenvalue weighted by molar-refractivity contribution is 6.31. The van der Waals surface area contributed by atoms with Gasteiger partial charge in [-0.25, -0.2) is 0 Å². The molecule has 5 rings (SSSR count). The fourth-order valence-corrected chi connectivity index (χ4v) is 4.33. The van der Waals surface area contributed by atoms with Crippen molar-refractivity contribution in [1.29, 1.82) is 0 Å². The van der Waals surface area contributed by atoms with E-state index in [1.807, 2.05) is 22.6 Å². The Labute approximate surface area is 183 Å². The molecule has 0 N–H and O–H groups in total. The Bertz CT molecular complexity index is 1290. The summed E-state index contributed by atoms with van der Waals surface area (Å²) in [7, 11) is 1.71. The highest BCUT2D eigenvalue weighted by Gasteiger charge is 2.21. The molecule has 2 aromatic carbocycles. The Morgan fingerprint density at radius 3 is 2.37 bits per heavy atom. The van der Waals surface area contributed by atoms with Crippen LogP contribution in [0.15, 0.2) is 47.3 Å². The lowest BCUT2D eigenvalue weighted by Gasteiger charge is -2.35. The zero-order valence-corrected chi connectivity index (χ0v) is 17.9. The van der Waals surface area contributed by atoms with Crippen LogP contribution in [0.25, 0.3) is 16.7 Å². The van der Waals surface area contributed by atoms with E-state index in [9.17, 15) is 4.79 Å². The van der Waals surface area contributed by atoms with E-state index >= 15 is 0 Å². The maximum absolute atomic E-state index is 12.7. The minimum Gasteiger partial charge on any atom is -0.369 e. The average Bonchev–Trinajstić information content (AvgIpc) is 3.17. The molecule has 9 heteroatoms. The van der Waals surface area contributed by atoms with Crippen molar-refractivity contribution in [3.63, 3.8) is 0 Å². The first-order valence-corrected chi connectivity index (χ1v) is 10.5. The highest BCUT2D eigenvalue weighted by Crippen LogP contribution is 2.22. The molecule has 154 valence electrons. The van der Waals surface area contributed by atoms with Gasteiger partial charge in [0.25, 0.3) is 5.56 Å². The maximum Gasteiger partial charge on any atom is 0.262 e. The van der Waals surface area contributed by atoms with Gasteiger partial charge in [-0.2, -0.15) is 0 Å². The monoisotopic (exact) mass is 442 g/mol. The number of aryl methyl sites for hydroxylation is 1. The summed E-state index contributed by atoms with van der Waals surface area (Å²) in [5, 5.41) is 10.5. The molecular weight excluding hydrogens is 423 g/mol. The molecule has 0 spiro atoms. The molecule has 3 heterocycles. The second-order valence-corrected chi connectivity index (χ2v) is 8.39. The molecule has 0 unspecified atom stereocenters. The predicted molar refractivity (Wildman–Crippen MR) is 120 cm³/mol. The molecule has 4 aromatic rings. The number of aromatic nitrogens is 4. The molecule has 30 heavy (non-hydrogen) atoms. The quantitative estimate of drug-likeness (QED) is 0.487. The predicted octanol–water partition coefficient (Wildman–Crippen LogP) is 3.21. The Balaban J connectivity index is 1.42. The SMILES string of the molecule is Cn1c(=O)c2cc(Cl)ccc2n2c(CN3CCN(c4ccc(Cl)cc4)CC3)nnc12. The molecule has 7 nitrogen and oxygen atoms in total. The molecule has 1 saturated heterocycles. The Morgan fingerprint density at radius 2 is 1.63 bits per heavy atom. The number of nitrogens with zero attached hydrogens (tertiary/aromatic N) is 6. The third kappa shape index (κ3) is 3.33. The van der Waals surface area contributed by atoms with Crippen molar-refractivity contribution in [3.05, 3.63) is 68.7 Å². The summed E-state index contributed by atoms with van der Waals surface area (Å²) in [6.45, 7) is 4.33. The van der Waals surface area contributed by atoms with Crippen molar-refractivity contribution < 1.29 is 0 Å². The van der Waals surface area contributed by atoms with Crippen molar-refractivity contribution in [3.8, 4) is 0 Å². The molecule has 1 aliphatic heterocycles. The van der Waals surface area contributed by atoms with E-state index in [2.05, 4.69) is 32.1 Å². The average molecular weight is 443 g/mol. The first kappa shape index (κ1) is 19.4. The lowest BCUT2D eigenvalue weighted by atomic mass is 10.2. The lowest BCUT2D eigenvalue weighted by molar-refractivity contribution is 0.243. The van der Waals surface area contributed by atoms with Gasteiger partial charge in [0.05, 0.1) is 17.4 Å². The van der Waals surface area contributed by atoms with Crippen LogP contribution in [-0.4, -0.2) is 50.2 Å².